The Kier molecular flexibility index (Phi) is 3.72. The Balaban J connectivity index is 2.44. The van der Waals surface area contributed by atoms with E-state index >= 15 is 0 Å². The molecule has 0 saturated carbocycles. The van der Waals surface area contributed by atoms with Gasteiger partial charge in [0.05, 0.1) is 18.1 Å². The van der Waals surface area contributed by atoms with Crippen molar-refractivity contribution in [2.45, 2.75) is 30.1 Å². The van der Waals surface area contributed by atoms with Crippen LogP contribution >= 0.6 is 0 Å². The summed E-state index contributed by atoms with van der Waals surface area (Å²) in [6.07, 6.45) is 4.98. The van der Waals surface area contributed by atoms with Crippen molar-refractivity contribution in [3.8, 4) is 0 Å². The molecule has 1 aliphatic rings. The lowest BCUT2D eigenvalue weighted by molar-refractivity contribution is 0.234. The number of rotatable bonds is 3. The van der Waals surface area contributed by atoms with E-state index in [-0.39, 0.29) is 11.4 Å². The summed E-state index contributed by atoms with van der Waals surface area (Å²) < 4.78 is 48.4. The van der Waals surface area contributed by atoms with Gasteiger partial charge in [0.2, 0.25) is 10.0 Å². The van der Waals surface area contributed by atoms with E-state index < -0.39 is 25.3 Å². The minimum atomic E-state index is -3.39. The molecule has 1 aromatic rings. The van der Waals surface area contributed by atoms with Gasteiger partial charge in [-0.25, -0.2) is 21.1 Å². The van der Waals surface area contributed by atoms with Gasteiger partial charge in [0.15, 0.2) is 9.84 Å². The molecule has 0 aromatic carbocycles. The molecule has 7 nitrogen and oxygen atoms in total. The van der Waals surface area contributed by atoms with E-state index in [1.807, 2.05) is 6.92 Å². The van der Waals surface area contributed by atoms with Crippen molar-refractivity contribution in [3.63, 3.8) is 0 Å². The van der Waals surface area contributed by atoms with Crippen LogP contribution in [-0.4, -0.2) is 56.9 Å². The smallest absolute Gasteiger partial charge is 0.211 e. The second-order valence-electron chi connectivity index (χ2n) is 5.64. The van der Waals surface area contributed by atoms with Crippen molar-refractivity contribution in [2.75, 3.05) is 25.6 Å². The van der Waals surface area contributed by atoms with Crippen LogP contribution < -0.4 is 0 Å². The predicted molar refractivity (Wildman–Crippen MR) is 74.7 cm³/mol. The van der Waals surface area contributed by atoms with Crippen molar-refractivity contribution in [3.05, 3.63) is 11.9 Å². The normalized spacial score (nSPS) is 25.8. The maximum Gasteiger partial charge on any atom is 0.211 e. The quantitative estimate of drug-likeness (QED) is 0.852. The van der Waals surface area contributed by atoms with Crippen LogP contribution in [0.5, 0.6) is 0 Å². The number of piperidine rings is 1. The highest BCUT2D eigenvalue weighted by atomic mass is 32.2. The molecule has 1 saturated heterocycles. The van der Waals surface area contributed by atoms with Crippen LogP contribution in [0.15, 0.2) is 11.1 Å². The Morgan fingerprint density at radius 3 is 2.50 bits per heavy atom. The van der Waals surface area contributed by atoms with Gasteiger partial charge in [-0.1, -0.05) is 6.92 Å². The molecule has 2 heterocycles. The van der Waals surface area contributed by atoms with Gasteiger partial charge in [0.1, 0.15) is 4.90 Å². The number of H-pyrrole nitrogens is 1. The molecule has 2 rings (SSSR count). The molecule has 0 spiro atoms. The first-order chi connectivity index (χ1) is 9.04. The van der Waals surface area contributed by atoms with Crippen LogP contribution in [0.2, 0.25) is 0 Å². The third-order valence-electron chi connectivity index (χ3n) is 3.74. The summed E-state index contributed by atoms with van der Waals surface area (Å²) in [4.78, 5) is 0.148. The molecule has 1 N–H and O–H groups in total. The average Bonchev–Trinajstić information content (AvgIpc) is 2.77. The number of aromatic nitrogens is 2. The average molecular weight is 321 g/mol. The van der Waals surface area contributed by atoms with Crippen molar-refractivity contribution in [2.24, 2.45) is 0 Å². The van der Waals surface area contributed by atoms with E-state index in [9.17, 15) is 16.8 Å². The van der Waals surface area contributed by atoms with E-state index in [4.69, 9.17) is 0 Å². The second-order valence-corrected chi connectivity index (χ2v) is 9.61. The topological polar surface area (TPSA) is 100 Å². The fraction of sp³-hybridized carbons (Fsp3) is 0.727. The molecule has 0 aliphatic carbocycles. The lowest BCUT2D eigenvalue weighted by Crippen LogP contribution is -2.47. The molecule has 1 unspecified atom stereocenters. The number of nitrogens with zero attached hydrogens (tertiary/aromatic N) is 2. The Bertz CT molecular complexity index is 708. The standard InChI is InChI=1S/C11H19N3O4S2/c1-11(5-4-6-14(8-11)20(3,17)18)10-9(7-12-13-10)19(2,15)16/h7H,4-6,8H2,1-3H3,(H,12,13). The lowest BCUT2D eigenvalue weighted by Gasteiger charge is -2.38. The highest BCUT2D eigenvalue weighted by Crippen LogP contribution is 2.36. The molecule has 1 aromatic heterocycles. The van der Waals surface area contributed by atoms with Crippen LogP contribution in [0.3, 0.4) is 0 Å². The minimum Gasteiger partial charge on any atom is -0.281 e. The highest BCUT2D eigenvalue weighted by Gasteiger charge is 2.40. The van der Waals surface area contributed by atoms with Gasteiger partial charge in [-0.2, -0.15) is 5.10 Å². The number of sulfone groups is 1. The summed E-state index contributed by atoms with van der Waals surface area (Å²) in [6, 6.07) is 0. The van der Waals surface area contributed by atoms with Gasteiger partial charge >= 0.3 is 0 Å². The van der Waals surface area contributed by atoms with Crippen LogP contribution in [0.1, 0.15) is 25.5 Å². The molecule has 1 fully saturated rings. The largest absolute Gasteiger partial charge is 0.281 e. The van der Waals surface area contributed by atoms with Crippen molar-refractivity contribution in [1.29, 1.82) is 0 Å². The lowest BCUT2D eigenvalue weighted by atomic mass is 9.80. The van der Waals surface area contributed by atoms with Crippen molar-refractivity contribution in [1.82, 2.24) is 14.5 Å². The first kappa shape index (κ1) is 15.5. The molecule has 1 aliphatic heterocycles. The molecule has 0 radical (unpaired) electrons. The minimum absolute atomic E-state index is 0.148. The molecule has 114 valence electrons. The van der Waals surface area contributed by atoms with E-state index in [0.29, 0.717) is 25.1 Å². The van der Waals surface area contributed by atoms with E-state index in [1.165, 1.54) is 16.8 Å². The first-order valence-corrected chi connectivity index (χ1v) is 9.97. The van der Waals surface area contributed by atoms with E-state index in [1.54, 1.807) is 0 Å². The van der Waals surface area contributed by atoms with Gasteiger partial charge in [-0.05, 0) is 12.8 Å². The summed E-state index contributed by atoms with van der Waals surface area (Å²) in [5.74, 6) is 0. The SMILES string of the molecule is CC1(c2[nH]ncc2S(C)(=O)=O)CCCN(S(C)(=O)=O)C1. The fourth-order valence-corrected chi connectivity index (χ4v) is 4.56. The zero-order chi connectivity index (χ0) is 15.2. The molecule has 0 amide bonds. The molecule has 1 atom stereocenters. The Hall–Kier alpha value is -0.930. The number of nitrogens with one attached hydrogen (secondary N) is 1. The highest BCUT2D eigenvalue weighted by molar-refractivity contribution is 7.90. The third kappa shape index (κ3) is 2.89. The third-order valence-corrected chi connectivity index (χ3v) is 6.10. The zero-order valence-corrected chi connectivity index (χ0v) is 13.4. The van der Waals surface area contributed by atoms with Crippen LogP contribution in [-0.2, 0) is 25.3 Å². The molecular weight excluding hydrogens is 302 g/mol. The maximum absolute atomic E-state index is 11.8. The first-order valence-electron chi connectivity index (χ1n) is 6.23. The summed E-state index contributed by atoms with van der Waals surface area (Å²) in [5.41, 5.74) is -0.0793. The monoisotopic (exact) mass is 321 g/mol. The Labute approximate surface area is 119 Å². The Morgan fingerprint density at radius 1 is 1.30 bits per heavy atom. The fourth-order valence-electron chi connectivity index (χ4n) is 2.67. The van der Waals surface area contributed by atoms with Gasteiger partial charge in [0, 0.05) is 24.8 Å². The maximum atomic E-state index is 11.8. The number of hydrogen-bond acceptors (Lipinski definition) is 5. The van der Waals surface area contributed by atoms with Crippen LogP contribution in [0.4, 0.5) is 0 Å². The molecular formula is C11H19N3O4S2. The molecule has 0 bridgehead atoms. The Morgan fingerprint density at radius 2 is 1.95 bits per heavy atom. The number of aromatic amines is 1. The summed E-state index contributed by atoms with van der Waals surface area (Å²) in [7, 11) is -6.68. The summed E-state index contributed by atoms with van der Waals surface area (Å²) >= 11 is 0. The zero-order valence-electron chi connectivity index (χ0n) is 11.7. The molecule has 20 heavy (non-hydrogen) atoms. The predicted octanol–water partition coefficient (Wildman–Crippen LogP) is 0.126. The number of sulfonamides is 1. The van der Waals surface area contributed by atoms with Gasteiger partial charge < -0.3 is 0 Å². The summed E-state index contributed by atoms with van der Waals surface area (Å²) in [6.45, 7) is 2.60. The van der Waals surface area contributed by atoms with Gasteiger partial charge in [-0.15, -0.1) is 0 Å². The second kappa shape index (κ2) is 4.81. The van der Waals surface area contributed by atoms with E-state index in [0.717, 1.165) is 6.26 Å². The van der Waals surface area contributed by atoms with E-state index in [2.05, 4.69) is 10.2 Å². The number of hydrogen-bond donors (Lipinski definition) is 1. The summed E-state index contributed by atoms with van der Waals surface area (Å²) in [5, 5.41) is 6.57. The van der Waals surface area contributed by atoms with Crippen molar-refractivity contribution < 1.29 is 16.8 Å². The van der Waals surface area contributed by atoms with Crippen LogP contribution in [0.25, 0.3) is 0 Å². The van der Waals surface area contributed by atoms with Gasteiger partial charge in [-0.3, -0.25) is 5.10 Å². The van der Waals surface area contributed by atoms with Gasteiger partial charge in [0.25, 0.3) is 0 Å². The molecule has 9 heteroatoms. The van der Waals surface area contributed by atoms with Crippen LogP contribution in [0, 0.1) is 0 Å². The van der Waals surface area contributed by atoms with Crippen molar-refractivity contribution >= 4 is 19.9 Å².